The molecule has 0 heterocycles. The van der Waals surface area contributed by atoms with Crippen LogP contribution in [0.3, 0.4) is 0 Å². The van der Waals surface area contributed by atoms with Crippen LogP contribution >= 0.6 is 15.6 Å². The van der Waals surface area contributed by atoms with Crippen LogP contribution in [0.5, 0.6) is 0 Å². The standard InChI is InChI=1S/C97H166O16P2/c1-4-7-10-13-16-19-22-25-28-31-34-37-39-40-41-42-43-44-45-46-47-48-49-50-52-55-56-59-62-65-68-71-74-77-80-83-95(100)107-86-92(98)87-109-114(103,104)110-88-93(99)89-111-115(105,106)112-91-94(113-97(102)85-82-79-76-73-70-67-64-61-58-53-36-33-30-27-24-21-18-15-12-9-6-3)90-108-96(101)84-81-78-75-72-69-66-63-60-57-54-51-38-35-32-29-26-23-20-17-14-11-8-5-2/h8,11,16-21,25-30,34-38,40-41,53-54,57,61,64,92-94,98-99H,4-7,9-10,12-15,22-24,31-33,39,42-52,55-56,58-60,62-63,65-91H2,1-3H3,(H,103,104)(H,105,106)/b11-8-,19-16-,20-17-,21-18-,28-25-,29-26-,30-27-,37-34-,38-35-,41-40-,53-36-,57-54-,64-61-. The minimum Gasteiger partial charge on any atom is -0.463 e. The van der Waals surface area contributed by atoms with Crippen LogP contribution in [0.1, 0.15) is 380 Å². The zero-order chi connectivity index (χ0) is 83.6. The van der Waals surface area contributed by atoms with Gasteiger partial charge in [0.05, 0.1) is 26.4 Å². The van der Waals surface area contributed by atoms with E-state index in [1.165, 1.54) is 148 Å². The Morgan fingerprint density at radius 3 is 0.730 bits per heavy atom. The van der Waals surface area contributed by atoms with E-state index in [0.29, 0.717) is 19.3 Å². The van der Waals surface area contributed by atoms with Crippen molar-refractivity contribution in [2.24, 2.45) is 0 Å². The van der Waals surface area contributed by atoms with Gasteiger partial charge in [0.1, 0.15) is 25.4 Å². The second kappa shape index (κ2) is 88.5. The highest BCUT2D eigenvalue weighted by Crippen LogP contribution is 2.45. The highest BCUT2D eigenvalue weighted by atomic mass is 31.2. The van der Waals surface area contributed by atoms with Crippen LogP contribution in [-0.2, 0) is 55.8 Å². The molecule has 0 bridgehead atoms. The Morgan fingerprint density at radius 2 is 0.461 bits per heavy atom. The second-order valence-electron chi connectivity index (χ2n) is 30.4. The number of carbonyl (C=O) groups is 3. The Morgan fingerprint density at radius 1 is 0.252 bits per heavy atom. The molecule has 0 saturated carbocycles. The number of aliphatic hydroxyl groups excluding tert-OH is 2. The van der Waals surface area contributed by atoms with Crippen LogP contribution in [0.4, 0.5) is 0 Å². The van der Waals surface area contributed by atoms with Crippen molar-refractivity contribution in [2.45, 2.75) is 399 Å². The summed E-state index contributed by atoms with van der Waals surface area (Å²) in [4.78, 5) is 58.9. The topological polar surface area (TPSA) is 231 Å². The van der Waals surface area contributed by atoms with E-state index in [2.05, 4.69) is 179 Å². The van der Waals surface area contributed by atoms with Crippen LogP contribution < -0.4 is 0 Å². The number of phosphoric acid groups is 2. The number of esters is 3. The summed E-state index contributed by atoms with van der Waals surface area (Å²) in [6, 6.07) is 0. The maximum absolute atomic E-state index is 13.0. The van der Waals surface area contributed by atoms with E-state index < -0.39 is 91.5 Å². The number of aliphatic hydroxyl groups is 2. The first kappa shape index (κ1) is 110. The van der Waals surface area contributed by atoms with E-state index in [9.17, 15) is 43.5 Å². The lowest BCUT2D eigenvalue weighted by Gasteiger charge is -2.21. The maximum atomic E-state index is 13.0. The normalized spacial score (nSPS) is 14.5. The van der Waals surface area contributed by atoms with E-state index in [1.807, 2.05) is 0 Å². The number of hydrogen-bond donors (Lipinski definition) is 4. The molecule has 5 unspecified atom stereocenters. The number of phosphoric ester groups is 2. The molecule has 0 radical (unpaired) electrons. The molecule has 0 rings (SSSR count). The maximum Gasteiger partial charge on any atom is 0.472 e. The van der Waals surface area contributed by atoms with Gasteiger partial charge in [0.2, 0.25) is 0 Å². The average Bonchev–Trinajstić information content (AvgIpc) is 0.903. The second-order valence-corrected chi connectivity index (χ2v) is 33.3. The molecule has 5 atom stereocenters. The Bertz CT molecular complexity index is 2720. The van der Waals surface area contributed by atoms with Gasteiger partial charge in [-0.3, -0.25) is 32.5 Å². The number of allylic oxidation sites excluding steroid dienone is 26. The molecule has 18 heteroatoms. The smallest absolute Gasteiger partial charge is 0.463 e. The Balaban J connectivity index is 4.53. The third-order valence-corrected chi connectivity index (χ3v) is 21.1. The van der Waals surface area contributed by atoms with Crippen LogP contribution in [-0.4, -0.2) is 95.9 Å². The molecule has 0 aromatic heterocycles. The molecule has 0 aliphatic carbocycles. The van der Waals surface area contributed by atoms with Gasteiger partial charge in [-0.1, -0.05) is 365 Å². The Labute approximate surface area is 701 Å². The van der Waals surface area contributed by atoms with E-state index >= 15 is 0 Å². The molecule has 660 valence electrons. The van der Waals surface area contributed by atoms with E-state index in [-0.39, 0.29) is 19.3 Å². The number of unbranched alkanes of at least 4 members (excludes halogenated alkanes) is 37. The van der Waals surface area contributed by atoms with E-state index in [4.69, 9.17) is 32.3 Å². The predicted molar refractivity (Wildman–Crippen MR) is 482 cm³/mol. The number of carbonyl (C=O) groups excluding carboxylic acids is 3. The molecule has 0 fully saturated rings. The van der Waals surface area contributed by atoms with Gasteiger partial charge in [0.15, 0.2) is 6.10 Å². The lowest BCUT2D eigenvalue weighted by atomic mass is 10.0. The SMILES string of the molecule is CC/C=C\C/C=C\C/C=C\C/C=C\C/C=C\CCCCCCCCCC(=O)OCC(COP(=O)(O)OCC(O)COP(=O)(O)OCC(O)COC(=O)CCCCCCCCCCCCCCCCCCCCC/C=C\C/C=C\C/C=C\C/C=C\CCCCC)OC(=O)CCCCCCC/C=C\C/C=C\C/C=C\C/C=C\CCCCC. The third-order valence-electron chi connectivity index (χ3n) is 19.2. The van der Waals surface area contributed by atoms with Gasteiger partial charge in [-0.05, 0) is 154 Å². The summed E-state index contributed by atoms with van der Waals surface area (Å²) < 4.78 is 61.4. The van der Waals surface area contributed by atoms with Crippen LogP contribution in [0, 0.1) is 0 Å². The van der Waals surface area contributed by atoms with Crippen molar-refractivity contribution in [3.05, 3.63) is 158 Å². The summed E-state index contributed by atoms with van der Waals surface area (Å²) >= 11 is 0. The van der Waals surface area contributed by atoms with Crippen molar-refractivity contribution in [1.29, 1.82) is 0 Å². The predicted octanol–water partition coefficient (Wildman–Crippen LogP) is 28.1. The van der Waals surface area contributed by atoms with Crippen molar-refractivity contribution in [1.82, 2.24) is 0 Å². The molecule has 0 spiro atoms. The zero-order valence-corrected chi connectivity index (χ0v) is 74.5. The lowest BCUT2D eigenvalue weighted by Crippen LogP contribution is -2.30. The molecule has 0 amide bonds. The van der Waals surface area contributed by atoms with Crippen LogP contribution in [0.25, 0.3) is 0 Å². The molecule has 0 aliphatic rings. The fraction of sp³-hybridized carbons (Fsp3) is 0.701. The van der Waals surface area contributed by atoms with Gasteiger partial charge >= 0.3 is 33.6 Å². The van der Waals surface area contributed by atoms with Crippen LogP contribution in [0.2, 0.25) is 0 Å². The molecule has 16 nitrogen and oxygen atoms in total. The van der Waals surface area contributed by atoms with Crippen molar-refractivity contribution in [2.75, 3.05) is 39.6 Å². The van der Waals surface area contributed by atoms with Gasteiger partial charge in [-0.15, -0.1) is 0 Å². The number of hydrogen-bond acceptors (Lipinski definition) is 14. The largest absolute Gasteiger partial charge is 0.472 e. The highest BCUT2D eigenvalue weighted by Gasteiger charge is 2.29. The van der Waals surface area contributed by atoms with E-state index in [1.54, 1.807) is 0 Å². The first-order valence-corrected chi connectivity index (χ1v) is 48.8. The van der Waals surface area contributed by atoms with Crippen molar-refractivity contribution in [3.8, 4) is 0 Å². The first-order valence-electron chi connectivity index (χ1n) is 45.8. The molecule has 4 N–H and O–H groups in total. The zero-order valence-electron chi connectivity index (χ0n) is 72.7. The first-order chi connectivity index (χ1) is 56.2. The van der Waals surface area contributed by atoms with Crippen LogP contribution in [0.15, 0.2) is 158 Å². The quantitative estimate of drug-likeness (QED) is 0.0146. The number of ether oxygens (including phenoxy) is 3. The number of rotatable bonds is 86. The summed E-state index contributed by atoms with van der Waals surface area (Å²) in [6.45, 7) is 2.52. The summed E-state index contributed by atoms with van der Waals surface area (Å²) in [5, 5.41) is 20.7. The summed E-state index contributed by atoms with van der Waals surface area (Å²) in [6.07, 6.45) is 113. The molecular formula is C97H166O16P2. The lowest BCUT2D eigenvalue weighted by molar-refractivity contribution is -0.161. The van der Waals surface area contributed by atoms with Gasteiger partial charge in [0.25, 0.3) is 0 Å². The van der Waals surface area contributed by atoms with Crippen molar-refractivity contribution < 1.29 is 75.8 Å². The van der Waals surface area contributed by atoms with Gasteiger partial charge in [0, 0.05) is 19.3 Å². The third kappa shape index (κ3) is 89.8. The molecule has 0 aromatic carbocycles. The van der Waals surface area contributed by atoms with Gasteiger partial charge in [-0.25, -0.2) is 9.13 Å². The molecule has 115 heavy (non-hydrogen) atoms. The summed E-state index contributed by atoms with van der Waals surface area (Å²) in [5.41, 5.74) is 0. The van der Waals surface area contributed by atoms with Crippen molar-refractivity contribution >= 4 is 33.6 Å². The monoisotopic (exact) mass is 1650 g/mol. The molecule has 0 aliphatic heterocycles. The van der Waals surface area contributed by atoms with Gasteiger partial charge < -0.3 is 34.2 Å². The minimum atomic E-state index is -4.95. The average molecular weight is 1650 g/mol. The minimum absolute atomic E-state index is 0.0766. The summed E-state index contributed by atoms with van der Waals surface area (Å²) in [5.74, 6) is -1.60. The Hall–Kier alpha value is -4.83. The Kier molecular flexibility index (Phi) is 84.7. The fourth-order valence-corrected chi connectivity index (χ4v) is 13.9. The highest BCUT2D eigenvalue weighted by molar-refractivity contribution is 7.47. The van der Waals surface area contributed by atoms with Crippen molar-refractivity contribution in [3.63, 3.8) is 0 Å². The summed E-state index contributed by atoms with van der Waals surface area (Å²) in [7, 11) is -9.82. The fourth-order valence-electron chi connectivity index (χ4n) is 12.3. The molecule has 0 saturated heterocycles. The molecule has 0 aromatic rings. The van der Waals surface area contributed by atoms with Gasteiger partial charge in [-0.2, -0.15) is 0 Å². The van der Waals surface area contributed by atoms with E-state index in [0.717, 1.165) is 173 Å². The molecular weight excluding hydrogens is 1480 g/mol.